The minimum Gasteiger partial charge on any atom is -0.406 e. The summed E-state index contributed by atoms with van der Waals surface area (Å²) in [6, 6.07) is 6.80. The highest BCUT2D eigenvalue weighted by Crippen LogP contribution is 2.44. The lowest BCUT2D eigenvalue weighted by Gasteiger charge is -2.45. The Morgan fingerprint density at radius 2 is 1.59 bits per heavy atom. The molecule has 0 spiro atoms. The average Bonchev–Trinajstić information content (AvgIpc) is 2.46. The summed E-state index contributed by atoms with van der Waals surface area (Å²) >= 11 is 0. The molecule has 0 aliphatic heterocycles. The molecule has 1 aliphatic rings. The van der Waals surface area contributed by atoms with Crippen LogP contribution in [0.3, 0.4) is 0 Å². The monoisotopic (exact) mass is 315 g/mol. The summed E-state index contributed by atoms with van der Waals surface area (Å²) in [5.41, 5.74) is 1.13. The van der Waals surface area contributed by atoms with E-state index in [0.29, 0.717) is 6.04 Å². The van der Waals surface area contributed by atoms with Gasteiger partial charge < -0.3 is 9.64 Å². The Hall–Kier alpha value is -1.23. The fourth-order valence-corrected chi connectivity index (χ4v) is 3.61. The van der Waals surface area contributed by atoms with Crippen LogP contribution < -0.4 is 4.74 Å². The summed E-state index contributed by atoms with van der Waals surface area (Å²) in [6.45, 7) is 2.20. The van der Waals surface area contributed by atoms with Crippen molar-refractivity contribution in [1.82, 2.24) is 4.90 Å². The molecule has 124 valence electrons. The highest BCUT2D eigenvalue weighted by atomic mass is 19.4. The summed E-state index contributed by atoms with van der Waals surface area (Å²) < 4.78 is 40.8. The maximum absolute atomic E-state index is 12.3. The van der Waals surface area contributed by atoms with Crippen LogP contribution in [0.1, 0.15) is 44.6 Å². The van der Waals surface area contributed by atoms with E-state index in [4.69, 9.17) is 0 Å². The molecule has 0 bridgehead atoms. The Morgan fingerprint density at radius 1 is 1.05 bits per heavy atom. The van der Waals surface area contributed by atoms with Gasteiger partial charge in [0, 0.05) is 11.5 Å². The first-order valence-corrected chi connectivity index (χ1v) is 7.77. The summed E-state index contributed by atoms with van der Waals surface area (Å²) in [5, 5.41) is 0. The standard InChI is InChI=1S/C17H24F3NO/c1-13(21(2)3)16(11-5-4-6-12-16)14-7-9-15(10-8-14)22-17(18,19)20/h7-10,13H,4-6,11-12H2,1-3H3. The lowest BCUT2D eigenvalue weighted by atomic mass is 9.65. The van der Waals surface area contributed by atoms with Crippen LogP contribution in [0.15, 0.2) is 24.3 Å². The molecule has 1 atom stereocenters. The second-order valence-corrected chi connectivity index (χ2v) is 6.43. The zero-order valence-electron chi connectivity index (χ0n) is 13.4. The highest BCUT2D eigenvalue weighted by molar-refractivity contribution is 5.34. The fraction of sp³-hybridized carbons (Fsp3) is 0.647. The minimum atomic E-state index is -4.64. The van der Waals surface area contributed by atoms with Crippen LogP contribution in [-0.4, -0.2) is 31.4 Å². The van der Waals surface area contributed by atoms with E-state index in [1.54, 1.807) is 12.1 Å². The van der Waals surface area contributed by atoms with Crippen LogP contribution in [0.5, 0.6) is 5.75 Å². The molecular weight excluding hydrogens is 291 g/mol. The molecule has 0 amide bonds. The molecule has 5 heteroatoms. The molecule has 2 rings (SSSR count). The third kappa shape index (κ3) is 3.75. The van der Waals surface area contributed by atoms with Crippen molar-refractivity contribution in [2.45, 2.75) is 56.8 Å². The van der Waals surface area contributed by atoms with E-state index in [0.717, 1.165) is 18.4 Å². The predicted molar refractivity (Wildman–Crippen MR) is 81.0 cm³/mol. The molecule has 0 aromatic heterocycles. The first-order chi connectivity index (χ1) is 10.2. The molecule has 0 N–H and O–H groups in total. The second kappa shape index (κ2) is 6.49. The number of nitrogens with zero attached hydrogens (tertiary/aromatic N) is 1. The van der Waals surface area contributed by atoms with Crippen LogP contribution >= 0.6 is 0 Å². The Morgan fingerprint density at radius 3 is 2.05 bits per heavy atom. The first kappa shape index (κ1) is 17.1. The fourth-order valence-electron chi connectivity index (χ4n) is 3.61. The lowest BCUT2D eigenvalue weighted by Crippen LogP contribution is -2.47. The van der Waals surface area contributed by atoms with Gasteiger partial charge in [0.1, 0.15) is 5.75 Å². The van der Waals surface area contributed by atoms with Crippen molar-refractivity contribution in [3.05, 3.63) is 29.8 Å². The number of hydrogen-bond acceptors (Lipinski definition) is 2. The van der Waals surface area contributed by atoms with E-state index in [1.807, 2.05) is 0 Å². The molecule has 2 nitrogen and oxygen atoms in total. The van der Waals surface area contributed by atoms with Gasteiger partial charge in [0.2, 0.25) is 0 Å². The second-order valence-electron chi connectivity index (χ2n) is 6.43. The number of rotatable bonds is 4. The normalized spacial score (nSPS) is 20.0. The summed E-state index contributed by atoms with van der Waals surface area (Å²) in [5.74, 6) is -0.153. The molecule has 1 aliphatic carbocycles. The molecule has 1 fully saturated rings. The molecule has 1 aromatic carbocycles. The molecular formula is C17H24F3NO. The van der Waals surface area contributed by atoms with E-state index in [1.165, 1.54) is 31.4 Å². The minimum absolute atomic E-state index is 0.0124. The van der Waals surface area contributed by atoms with Crippen molar-refractivity contribution >= 4 is 0 Å². The molecule has 1 saturated carbocycles. The topological polar surface area (TPSA) is 12.5 Å². The van der Waals surface area contributed by atoms with Crippen LogP contribution in [0, 0.1) is 0 Å². The van der Waals surface area contributed by atoms with Crippen molar-refractivity contribution in [2.75, 3.05) is 14.1 Å². The third-order valence-electron chi connectivity index (χ3n) is 4.98. The zero-order valence-corrected chi connectivity index (χ0v) is 13.4. The van der Waals surface area contributed by atoms with Gasteiger partial charge in [-0.15, -0.1) is 13.2 Å². The van der Waals surface area contributed by atoms with Crippen LogP contribution in [0.25, 0.3) is 0 Å². The van der Waals surface area contributed by atoms with Crippen molar-refractivity contribution in [3.63, 3.8) is 0 Å². The number of hydrogen-bond donors (Lipinski definition) is 0. The quantitative estimate of drug-likeness (QED) is 0.796. The largest absolute Gasteiger partial charge is 0.573 e. The number of ether oxygens (including phenoxy) is 1. The zero-order chi connectivity index (χ0) is 16.4. The molecule has 0 saturated heterocycles. The number of likely N-dealkylation sites (N-methyl/N-ethyl adjacent to an activating group) is 1. The van der Waals surface area contributed by atoms with E-state index in [9.17, 15) is 13.2 Å². The molecule has 22 heavy (non-hydrogen) atoms. The highest BCUT2D eigenvalue weighted by Gasteiger charge is 2.40. The van der Waals surface area contributed by atoms with Crippen LogP contribution in [0.2, 0.25) is 0 Å². The van der Waals surface area contributed by atoms with Gasteiger partial charge in [0.15, 0.2) is 0 Å². The van der Waals surface area contributed by atoms with Gasteiger partial charge in [-0.05, 0) is 51.6 Å². The van der Waals surface area contributed by atoms with E-state index in [-0.39, 0.29) is 11.2 Å². The van der Waals surface area contributed by atoms with Gasteiger partial charge in [-0.2, -0.15) is 0 Å². The summed E-state index contributed by atoms with van der Waals surface area (Å²) in [4.78, 5) is 2.20. The van der Waals surface area contributed by atoms with E-state index in [2.05, 4.69) is 30.7 Å². The van der Waals surface area contributed by atoms with Gasteiger partial charge >= 0.3 is 6.36 Å². The SMILES string of the molecule is CC(N(C)C)C1(c2ccc(OC(F)(F)F)cc2)CCCCC1. The third-order valence-corrected chi connectivity index (χ3v) is 4.98. The van der Waals surface area contributed by atoms with Gasteiger partial charge in [-0.25, -0.2) is 0 Å². The lowest BCUT2D eigenvalue weighted by molar-refractivity contribution is -0.274. The van der Waals surface area contributed by atoms with E-state index >= 15 is 0 Å². The smallest absolute Gasteiger partial charge is 0.406 e. The van der Waals surface area contributed by atoms with Crippen molar-refractivity contribution in [2.24, 2.45) is 0 Å². The van der Waals surface area contributed by atoms with Crippen LogP contribution in [-0.2, 0) is 5.41 Å². The molecule has 0 radical (unpaired) electrons. The Kier molecular flexibility index (Phi) is 5.05. The molecule has 1 aromatic rings. The van der Waals surface area contributed by atoms with Crippen LogP contribution in [0.4, 0.5) is 13.2 Å². The summed E-state index contributed by atoms with van der Waals surface area (Å²) in [7, 11) is 4.12. The van der Waals surface area contributed by atoms with Gasteiger partial charge in [-0.1, -0.05) is 31.4 Å². The number of benzene rings is 1. The molecule has 1 unspecified atom stereocenters. The maximum atomic E-state index is 12.3. The number of alkyl halides is 3. The van der Waals surface area contributed by atoms with Gasteiger partial charge in [-0.3, -0.25) is 0 Å². The number of halogens is 3. The average molecular weight is 315 g/mol. The van der Waals surface area contributed by atoms with E-state index < -0.39 is 6.36 Å². The Labute approximate surface area is 130 Å². The van der Waals surface area contributed by atoms with Gasteiger partial charge in [0.05, 0.1) is 0 Å². The maximum Gasteiger partial charge on any atom is 0.573 e. The van der Waals surface area contributed by atoms with Gasteiger partial charge in [0.25, 0.3) is 0 Å². The predicted octanol–water partition coefficient (Wildman–Crippen LogP) is 4.74. The Bertz CT molecular complexity index is 476. The van der Waals surface area contributed by atoms with Crippen molar-refractivity contribution in [3.8, 4) is 5.75 Å². The summed E-state index contributed by atoms with van der Waals surface area (Å²) in [6.07, 6.45) is 1.08. The Balaban J connectivity index is 2.28. The first-order valence-electron chi connectivity index (χ1n) is 7.77. The van der Waals surface area contributed by atoms with Crippen molar-refractivity contribution in [1.29, 1.82) is 0 Å². The van der Waals surface area contributed by atoms with Crippen molar-refractivity contribution < 1.29 is 17.9 Å². The molecule has 0 heterocycles.